The van der Waals surface area contributed by atoms with Crippen molar-refractivity contribution < 1.29 is 24.3 Å². The van der Waals surface area contributed by atoms with Gasteiger partial charge >= 0.3 is 5.97 Å². The van der Waals surface area contributed by atoms with Crippen LogP contribution in [0.25, 0.3) is 0 Å². The molecule has 2 unspecified atom stereocenters. The first-order valence-electron chi connectivity index (χ1n) is 12.2. The summed E-state index contributed by atoms with van der Waals surface area (Å²) in [6.07, 6.45) is 8.80. The van der Waals surface area contributed by atoms with Gasteiger partial charge in [-0.3, -0.25) is 24.2 Å². The van der Waals surface area contributed by atoms with Crippen LogP contribution in [0.15, 0.2) is 18.6 Å². The molecule has 1 aliphatic carbocycles. The monoisotopic (exact) mass is 488 g/mol. The van der Waals surface area contributed by atoms with Crippen LogP contribution in [-0.2, 0) is 14.4 Å². The fourth-order valence-electron chi connectivity index (χ4n) is 4.76. The van der Waals surface area contributed by atoms with Crippen molar-refractivity contribution in [3.63, 3.8) is 0 Å². The highest BCUT2D eigenvalue weighted by Gasteiger charge is 2.40. The molecule has 11 nitrogen and oxygen atoms in total. The van der Waals surface area contributed by atoms with Gasteiger partial charge in [0.25, 0.3) is 5.91 Å². The molecule has 2 heterocycles. The number of hydrogen-bond acceptors (Lipinski definition) is 7. The number of carbonyl (C=O) groups is 4. The fraction of sp³-hybridized carbons (Fsp3) is 0.667. The third kappa shape index (κ3) is 6.97. The van der Waals surface area contributed by atoms with Gasteiger partial charge < -0.3 is 26.4 Å². The highest BCUT2D eigenvalue weighted by atomic mass is 16.4. The standard InChI is InChI=1S/C24H36N6O5/c1-24(2,3)19(22(33)28-16-12-26-11-15(16)23(34)35)30-21(32)18(14-7-5-4-6-8-14)29-20(31)17-13-25-9-10-27-17/h9-10,13-16,18-19,26H,4-8,11-12H2,1-3H3,(H,28,33)(H,29,31)(H,30,32)(H,34,35)/t15-,16+,18?,19?/m1/s1. The van der Waals surface area contributed by atoms with Gasteiger partial charge in [0.2, 0.25) is 11.8 Å². The van der Waals surface area contributed by atoms with Crippen LogP contribution in [0.3, 0.4) is 0 Å². The normalized spacial score (nSPS) is 22.6. The Morgan fingerprint density at radius 1 is 1.03 bits per heavy atom. The molecule has 0 aromatic carbocycles. The molecule has 5 N–H and O–H groups in total. The van der Waals surface area contributed by atoms with Crippen molar-refractivity contribution >= 4 is 23.7 Å². The van der Waals surface area contributed by atoms with Crippen molar-refractivity contribution in [3.8, 4) is 0 Å². The molecule has 11 heteroatoms. The quantitative estimate of drug-likeness (QED) is 0.353. The predicted molar refractivity (Wildman–Crippen MR) is 127 cm³/mol. The summed E-state index contributed by atoms with van der Waals surface area (Å²) in [5, 5.41) is 20.9. The Hall–Kier alpha value is -3.08. The van der Waals surface area contributed by atoms with Crippen molar-refractivity contribution in [3.05, 3.63) is 24.3 Å². The molecule has 2 fully saturated rings. The number of carboxylic acid groups (broad SMARTS) is 1. The zero-order valence-electron chi connectivity index (χ0n) is 20.5. The summed E-state index contributed by atoms with van der Waals surface area (Å²) in [7, 11) is 0. The SMILES string of the molecule is CC(C)(C)C(NC(=O)C(NC(=O)c1cnccn1)C1CCCCC1)C(=O)N[C@H]1CNC[C@H]1C(=O)O. The van der Waals surface area contributed by atoms with Crippen molar-refractivity contribution in [2.75, 3.05) is 13.1 Å². The van der Waals surface area contributed by atoms with Crippen LogP contribution in [0, 0.1) is 17.3 Å². The molecule has 1 saturated carbocycles. The summed E-state index contributed by atoms with van der Waals surface area (Å²) in [5.41, 5.74) is -0.545. The maximum atomic E-state index is 13.5. The Kier molecular flexibility index (Phi) is 8.76. The van der Waals surface area contributed by atoms with Gasteiger partial charge in [0, 0.05) is 25.5 Å². The summed E-state index contributed by atoms with van der Waals surface area (Å²) in [4.78, 5) is 59.0. The number of hydrogen-bond donors (Lipinski definition) is 5. The Bertz CT molecular complexity index is 913. The lowest BCUT2D eigenvalue weighted by molar-refractivity contribution is -0.142. The Balaban J connectivity index is 1.76. The zero-order valence-corrected chi connectivity index (χ0v) is 20.5. The molecule has 192 valence electrons. The maximum absolute atomic E-state index is 13.5. The van der Waals surface area contributed by atoms with E-state index in [0.29, 0.717) is 6.54 Å². The number of nitrogens with one attached hydrogen (secondary N) is 4. The molecule has 1 aliphatic heterocycles. The molecule has 1 aromatic rings. The van der Waals surface area contributed by atoms with Gasteiger partial charge in [-0.1, -0.05) is 40.0 Å². The first kappa shape index (κ1) is 26.5. The first-order valence-corrected chi connectivity index (χ1v) is 12.2. The number of carboxylic acids is 1. The van der Waals surface area contributed by atoms with E-state index in [9.17, 15) is 24.3 Å². The average molecular weight is 489 g/mol. The van der Waals surface area contributed by atoms with Gasteiger partial charge in [-0.05, 0) is 24.2 Å². The van der Waals surface area contributed by atoms with Gasteiger partial charge in [-0.2, -0.15) is 0 Å². The van der Waals surface area contributed by atoms with Crippen molar-refractivity contribution in [2.45, 2.75) is 71.0 Å². The van der Waals surface area contributed by atoms with Crippen molar-refractivity contribution in [1.82, 2.24) is 31.2 Å². The minimum atomic E-state index is -0.985. The Morgan fingerprint density at radius 3 is 2.34 bits per heavy atom. The topological polar surface area (TPSA) is 162 Å². The molecular weight excluding hydrogens is 452 g/mol. The fourth-order valence-corrected chi connectivity index (χ4v) is 4.76. The summed E-state index contributed by atoms with van der Waals surface area (Å²) in [6, 6.07) is -2.33. The van der Waals surface area contributed by atoms with E-state index in [1.807, 2.05) is 20.8 Å². The number of aliphatic carboxylic acids is 1. The zero-order chi connectivity index (χ0) is 25.6. The molecule has 3 rings (SSSR count). The molecule has 3 amide bonds. The summed E-state index contributed by atoms with van der Waals surface area (Å²) in [6.45, 7) is 6.09. The summed E-state index contributed by atoms with van der Waals surface area (Å²) in [5.74, 6) is -3.18. The van der Waals surface area contributed by atoms with E-state index in [2.05, 4.69) is 31.2 Å². The van der Waals surface area contributed by atoms with Gasteiger partial charge in [0.15, 0.2) is 0 Å². The molecule has 1 saturated heterocycles. The third-order valence-electron chi connectivity index (χ3n) is 6.76. The van der Waals surface area contributed by atoms with E-state index in [0.717, 1.165) is 32.1 Å². The Morgan fingerprint density at radius 2 is 1.74 bits per heavy atom. The number of aromatic nitrogens is 2. The summed E-state index contributed by atoms with van der Waals surface area (Å²) >= 11 is 0. The number of carbonyl (C=O) groups excluding carboxylic acids is 3. The Labute approximate surface area is 205 Å². The van der Waals surface area contributed by atoms with Crippen LogP contribution in [0.2, 0.25) is 0 Å². The van der Waals surface area contributed by atoms with Crippen LogP contribution in [0.4, 0.5) is 0 Å². The van der Waals surface area contributed by atoms with Gasteiger partial charge in [0.05, 0.1) is 18.2 Å². The number of nitrogens with zero attached hydrogens (tertiary/aromatic N) is 2. The highest BCUT2D eigenvalue weighted by molar-refractivity contribution is 5.97. The maximum Gasteiger partial charge on any atom is 0.309 e. The van der Waals surface area contributed by atoms with Gasteiger partial charge in [-0.15, -0.1) is 0 Å². The summed E-state index contributed by atoms with van der Waals surface area (Å²) < 4.78 is 0. The van der Waals surface area contributed by atoms with Crippen molar-refractivity contribution in [1.29, 1.82) is 0 Å². The molecule has 1 aromatic heterocycles. The molecule has 0 spiro atoms. The lowest BCUT2D eigenvalue weighted by atomic mass is 9.82. The molecule has 4 atom stereocenters. The van der Waals surface area contributed by atoms with E-state index in [1.165, 1.54) is 18.6 Å². The minimum absolute atomic E-state index is 0.0662. The minimum Gasteiger partial charge on any atom is -0.481 e. The van der Waals surface area contributed by atoms with E-state index in [1.54, 1.807) is 0 Å². The number of amides is 3. The smallest absolute Gasteiger partial charge is 0.309 e. The second-order valence-corrected chi connectivity index (χ2v) is 10.5. The lowest BCUT2D eigenvalue weighted by Crippen LogP contribution is -2.61. The average Bonchev–Trinajstić information content (AvgIpc) is 3.29. The van der Waals surface area contributed by atoms with Gasteiger partial charge in [0.1, 0.15) is 17.8 Å². The van der Waals surface area contributed by atoms with E-state index >= 15 is 0 Å². The van der Waals surface area contributed by atoms with Crippen LogP contribution >= 0.6 is 0 Å². The predicted octanol–water partition coefficient (Wildman–Crippen LogP) is 0.475. The first-order chi connectivity index (χ1) is 16.6. The molecule has 35 heavy (non-hydrogen) atoms. The second kappa shape index (κ2) is 11.6. The van der Waals surface area contributed by atoms with Gasteiger partial charge in [-0.25, -0.2) is 4.98 Å². The van der Waals surface area contributed by atoms with Crippen molar-refractivity contribution in [2.24, 2.45) is 17.3 Å². The second-order valence-electron chi connectivity index (χ2n) is 10.5. The van der Waals surface area contributed by atoms with E-state index in [4.69, 9.17) is 0 Å². The largest absolute Gasteiger partial charge is 0.481 e. The van der Waals surface area contributed by atoms with Crippen LogP contribution in [0.1, 0.15) is 63.4 Å². The van der Waals surface area contributed by atoms with E-state index < -0.39 is 53.1 Å². The van der Waals surface area contributed by atoms with Crippen LogP contribution < -0.4 is 21.3 Å². The van der Waals surface area contributed by atoms with Crippen LogP contribution in [-0.4, -0.2) is 70.0 Å². The lowest BCUT2D eigenvalue weighted by Gasteiger charge is -2.35. The molecular formula is C24H36N6O5. The molecule has 2 aliphatic rings. The number of rotatable bonds is 8. The van der Waals surface area contributed by atoms with E-state index in [-0.39, 0.29) is 18.2 Å². The highest BCUT2D eigenvalue weighted by Crippen LogP contribution is 2.28. The molecule has 0 radical (unpaired) electrons. The molecule has 0 bridgehead atoms. The van der Waals surface area contributed by atoms with Crippen LogP contribution in [0.5, 0.6) is 0 Å². The third-order valence-corrected chi connectivity index (χ3v) is 6.76.